The molecule has 0 radical (unpaired) electrons. The van der Waals surface area contributed by atoms with Gasteiger partial charge in [-0.05, 0) is 43.7 Å². The first-order chi connectivity index (χ1) is 14.2. The van der Waals surface area contributed by atoms with E-state index in [-0.39, 0.29) is 24.1 Å². The third-order valence-electron chi connectivity index (χ3n) is 5.56. The second kappa shape index (κ2) is 9.41. The molecular formula is C20H25Cl2N3O5. The van der Waals surface area contributed by atoms with E-state index in [0.717, 1.165) is 17.7 Å². The summed E-state index contributed by atoms with van der Waals surface area (Å²) in [5.41, 5.74) is -0.881. The van der Waals surface area contributed by atoms with Gasteiger partial charge in [0.1, 0.15) is 35.6 Å². The van der Waals surface area contributed by atoms with Gasteiger partial charge >= 0.3 is 6.03 Å². The first-order valence-corrected chi connectivity index (χ1v) is 10.6. The van der Waals surface area contributed by atoms with Crippen LogP contribution in [0.3, 0.4) is 0 Å². The summed E-state index contributed by atoms with van der Waals surface area (Å²) in [5, 5.41) is 15.9. The molecule has 0 bridgehead atoms. The summed E-state index contributed by atoms with van der Waals surface area (Å²) in [4.78, 5) is 38.2. The highest BCUT2D eigenvalue weighted by Gasteiger charge is 2.52. The molecule has 1 aromatic carbocycles. The van der Waals surface area contributed by atoms with Gasteiger partial charge in [0.15, 0.2) is 0 Å². The van der Waals surface area contributed by atoms with Crippen molar-refractivity contribution in [3.8, 4) is 5.75 Å². The molecule has 8 nitrogen and oxygen atoms in total. The van der Waals surface area contributed by atoms with Crippen LogP contribution >= 0.6 is 23.2 Å². The van der Waals surface area contributed by atoms with E-state index in [1.165, 1.54) is 0 Å². The summed E-state index contributed by atoms with van der Waals surface area (Å²) in [6.45, 7) is 1.50. The van der Waals surface area contributed by atoms with E-state index in [9.17, 15) is 19.5 Å². The standard InChI is InChI=1S/C20H25Cl2N3O5/c1-12-5-7-20(8-6-12)18(28)25(19(29)24-20)10-16(27)23-9-13(26)11-30-15-4-2-3-14(21)17(15)22/h2-4,12-13,26H,5-11H2,1H3,(H,23,27)(H,24,29). The van der Waals surface area contributed by atoms with E-state index >= 15 is 0 Å². The van der Waals surface area contributed by atoms with Crippen LogP contribution in [0.5, 0.6) is 5.75 Å². The first kappa shape index (κ1) is 22.7. The Kier molecular flexibility index (Phi) is 7.10. The third-order valence-corrected chi connectivity index (χ3v) is 6.36. The SMILES string of the molecule is CC1CCC2(CC1)NC(=O)N(CC(=O)NCC(O)COc1cccc(Cl)c1Cl)C2=O. The third kappa shape index (κ3) is 4.99. The molecular weight excluding hydrogens is 433 g/mol. The number of hydrogen-bond acceptors (Lipinski definition) is 5. The summed E-state index contributed by atoms with van der Waals surface area (Å²) in [5.74, 6) is -0.0576. The molecule has 1 heterocycles. The molecule has 4 amide bonds. The number of rotatable bonds is 7. The second-order valence-electron chi connectivity index (χ2n) is 7.91. The Hall–Kier alpha value is -2.03. The van der Waals surface area contributed by atoms with Crippen molar-refractivity contribution in [2.45, 2.75) is 44.2 Å². The maximum atomic E-state index is 12.8. The smallest absolute Gasteiger partial charge is 0.325 e. The lowest BCUT2D eigenvalue weighted by Gasteiger charge is -2.33. The van der Waals surface area contributed by atoms with Gasteiger partial charge in [-0.15, -0.1) is 0 Å². The fraction of sp³-hybridized carbons (Fsp3) is 0.550. The molecule has 3 N–H and O–H groups in total. The number of nitrogens with zero attached hydrogens (tertiary/aromatic N) is 1. The Morgan fingerprint density at radius 1 is 1.37 bits per heavy atom. The number of aliphatic hydroxyl groups excluding tert-OH is 1. The minimum absolute atomic E-state index is 0.108. The van der Waals surface area contributed by atoms with Crippen LogP contribution in [-0.4, -0.2) is 59.2 Å². The van der Waals surface area contributed by atoms with Gasteiger partial charge in [0.05, 0.1) is 5.02 Å². The number of urea groups is 1. The van der Waals surface area contributed by atoms with Crippen LogP contribution in [0, 0.1) is 5.92 Å². The van der Waals surface area contributed by atoms with Crippen molar-refractivity contribution in [2.75, 3.05) is 19.7 Å². The monoisotopic (exact) mass is 457 g/mol. The van der Waals surface area contributed by atoms with Crippen LogP contribution in [-0.2, 0) is 9.59 Å². The van der Waals surface area contributed by atoms with Crippen LogP contribution in [0.2, 0.25) is 10.0 Å². The number of amides is 4. The number of carbonyl (C=O) groups is 3. The molecule has 164 valence electrons. The first-order valence-electron chi connectivity index (χ1n) is 9.87. The molecule has 1 aromatic rings. The van der Waals surface area contributed by atoms with E-state index in [2.05, 4.69) is 17.6 Å². The van der Waals surface area contributed by atoms with Gasteiger partial charge in [-0.3, -0.25) is 14.5 Å². The van der Waals surface area contributed by atoms with E-state index in [1.54, 1.807) is 18.2 Å². The number of halogens is 2. The Morgan fingerprint density at radius 3 is 2.77 bits per heavy atom. The summed E-state index contributed by atoms with van der Waals surface area (Å²) < 4.78 is 5.42. The van der Waals surface area contributed by atoms with Gasteiger partial charge < -0.3 is 20.5 Å². The number of nitrogens with one attached hydrogen (secondary N) is 2. The van der Waals surface area contributed by atoms with Gasteiger partial charge in [0.25, 0.3) is 5.91 Å². The summed E-state index contributed by atoms with van der Waals surface area (Å²) in [6.07, 6.45) is 1.86. The summed E-state index contributed by atoms with van der Waals surface area (Å²) >= 11 is 11.9. The molecule has 1 saturated carbocycles. The van der Waals surface area contributed by atoms with Crippen molar-refractivity contribution in [1.82, 2.24) is 15.5 Å². The highest BCUT2D eigenvalue weighted by Crippen LogP contribution is 2.36. The maximum Gasteiger partial charge on any atom is 0.325 e. The Morgan fingerprint density at radius 2 is 2.07 bits per heavy atom. The highest BCUT2D eigenvalue weighted by atomic mass is 35.5. The predicted molar refractivity (Wildman–Crippen MR) is 112 cm³/mol. The molecule has 1 saturated heterocycles. The molecule has 3 rings (SSSR count). The van der Waals surface area contributed by atoms with Crippen molar-refractivity contribution in [3.05, 3.63) is 28.2 Å². The molecule has 1 unspecified atom stereocenters. The number of imide groups is 1. The summed E-state index contributed by atoms with van der Waals surface area (Å²) in [7, 11) is 0. The molecule has 0 aromatic heterocycles. The van der Waals surface area contributed by atoms with Crippen molar-refractivity contribution in [3.63, 3.8) is 0 Å². The number of benzene rings is 1. The second-order valence-corrected chi connectivity index (χ2v) is 8.69. The van der Waals surface area contributed by atoms with E-state index in [1.807, 2.05) is 0 Å². The van der Waals surface area contributed by atoms with Crippen LogP contribution in [0.25, 0.3) is 0 Å². The van der Waals surface area contributed by atoms with Gasteiger partial charge in [-0.25, -0.2) is 4.79 Å². The van der Waals surface area contributed by atoms with E-state index in [0.29, 0.717) is 29.5 Å². The number of aliphatic hydroxyl groups is 1. The minimum Gasteiger partial charge on any atom is -0.489 e. The van der Waals surface area contributed by atoms with Gasteiger partial charge in [-0.2, -0.15) is 0 Å². The Bertz CT molecular complexity index is 827. The zero-order valence-electron chi connectivity index (χ0n) is 16.6. The quantitative estimate of drug-likeness (QED) is 0.544. The normalized spacial score (nSPS) is 24.7. The molecule has 2 fully saturated rings. The molecule has 2 aliphatic rings. The Labute approximate surface area is 184 Å². The predicted octanol–water partition coefficient (Wildman–Crippen LogP) is 2.35. The van der Waals surface area contributed by atoms with Crippen molar-refractivity contribution in [2.24, 2.45) is 5.92 Å². The number of hydrogen-bond donors (Lipinski definition) is 3. The zero-order chi connectivity index (χ0) is 21.9. The fourth-order valence-corrected chi connectivity index (χ4v) is 4.03. The lowest BCUT2D eigenvalue weighted by atomic mass is 9.77. The molecule has 30 heavy (non-hydrogen) atoms. The lowest BCUT2D eigenvalue weighted by Crippen LogP contribution is -2.50. The lowest BCUT2D eigenvalue weighted by molar-refractivity contribution is -0.136. The molecule has 1 atom stereocenters. The van der Waals surface area contributed by atoms with E-state index < -0.39 is 30.1 Å². The minimum atomic E-state index is -1.02. The number of ether oxygens (including phenoxy) is 1. The highest BCUT2D eigenvalue weighted by molar-refractivity contribution is 6.42. The van der Waals surface area contributed by atoms with Crippen LogP contribution < -0.4 is 15.4 Å². The van der Waals surface area contributed by atoms with Crippen molar-refractivity contribution < 1.29 is 24.2 Å². The van der Waals surface area contributed by atoms with Gasteiger partial charge in [0, 0.05) is 6.54 Å². The number of carbonyl (C=O) groups excluding carboxylic acids is 3. The Balaban J connectivity index is 1.45. The summed E-state index contributed by atoms with van der Waals surface area (Å²) in [6, 6.07) is 4.33. The largest absolute Gasteiger partial charge is 0.489 e. The zero-order valence-corrected chi connectivity index (χ0v) is 18.1. The van der Waals surface area contributed by atoms with Gasteiger partial charge in [-0.1, -0.05) is 36.2 Å². The molecule has 1 aliphatic heterocycles. The maximum absolute atomic E-state index is 12.8. The molecule has 10 heteroatoms. The van der Waals surface area contributed by atoms with Crippen LogP contribution in [0.4, 0.5) is 4.79 Å². The van der Waals surface area contributed by atoms with E-state index in [4.69, 9.17) is 27.9 Å². The van der Waals surface area contributed by atoms with Crippen molar-refractivity contribution in [1.29, 1.82) is 0 Å². The van der Waals surface area contributed by atoms with Crippen LogP contribution in [0.15, 0.2) is 18.2 Å². The average molecular weight is 458 g/mol. The topological polar surface area (TPSA) is 108 Å². The van der Waals surface area contributed by atoms with Gasteiger partial charge in [0.2, 0.25) is 5.91 Å². The fourth-order valence-electron chi connectivity index (χ4n) is 3.69. The molecule has 1 aliphatic carbocycles. The average Bonchev–Trinajstić information content (AvgIpc) is 2.94. The molecule has 1 spiro atoms. The van der Waals surface area contributed by atoms with Crippen LogP contribution in [0.1, 0.15) is 32.6 Å². The van der Waals surface area contributed by atoms with Crippen molar-refractivity contribution >= 4 is 41.0 Å².